The monoisotopic (exact) mass is 290 g/mol. The number of para-hydroxylation sites is 1. The number of carbonyl (C=O) groups is 2. The summed E-state index contributed by atoms with van der Waals surface area (Å²) in [6, 6.07) is 14.5. The van der Waals surface area contributed by atoms with Crippen LogP contribution in [0.3, 0.4) is 0 Å². The fourth-order valence-corrected chi connectivity index (χ4v) is 2.56. The summed E-state index contributed by atoms with van der Waals surface area (Å²) in [6.07, 6.45) is 5.44. The van der Waals surface area contributed by atoms with E-state index in [1.54, 1.807) is 24.3 Å². The predicted molar refractivity (Wildman–Crippen MR) is 85.4 cm³/mol. The minimum atomic E-state index is -0.452. The lowest BCUT2D eigenvalue weighted by Crippen LogP contribution is -2.20. The molecule has 0 spiro atoms. The van der Waals surface area contributed by atoms with Gasteiger partial charge in [-0.15, -0.1) is 6.42 Å². The van der Waals surface area contributed by atoms with Crippen molar-refractivity contribution in [3.63, 3.8) is 0 Å². The topological polar surface area (TPSA) is 58.2 Å². The predicted octanol–water partition coefficient (Wildman–Crippen LogP) is 2.73. The van der Waals surface area contributed by atoms with E-state index in [1.165, 1.54) is 0 Å². The van der Waals surface area contributed by atoms with E-state index < -0.39 is 5.92 Å². The van der Waals surface area contributed by atoms with E-state index in [1.807, 2.05) is 24.3 Å². The van der Waals surface area contributed by atoms with Crippen LogP contribution in [0.5, 0.6) is 0 Å². The van der Waals surface area contributed by atoms with Crippen LogP contribution in [0.4, 0.5) is 11.4 Å². The molecule has 4 heteroatoms. The Morgan fingerprint density at radius 1 is 1.23 bits per heavy atom. The number of benzene rings is 2. The van der Waals surface area contributed by atoms with Crippen LogP contribution < -0.4 is 10.6 Å². The van der Waals surface area contributed by atoms with Crippen LogP contribution in [-0.4, -0.2) is 11.8 Å². The van der Waals surface area contributed by atoms with Crippen LogP contribution in [0, 0.1) is 12.3 Å². The third-order valence-electron chi connectivity index (χ3n) is 3.61. The molecule has 0 saturated carbocycles. The van der Waals surface area contributed by atoms with Gasteiger partial charge in [0.05, 0.1) is 5.92 Å². The smallest absolute Gasteiger partial charge is 0.232 e. The van der Waals surface area contributed by atoms with Crippen molar-refractivity contribution in [3.8, 4) is 12.3 Å². The molecule has 2 amide bonds. The maximum atomic E-state index is 12.2. The lowest BCUT2D eigenvalue weighted by Gasteiger charge is -2.10. The van der Waals surface area contributed by atoms with Crippen molar-refractivity contribution in [3.05, 3.63) is 59.7 Å². The normalized spacial score (nSPS) is 15.6. The quantitative estimate of drug-likeness (QED) is 0.854. The first-order valence-corrected chi connectivity index (χ1v) is 6.93. The molecular weight excluding hydrogens is 276 g/mol. The molecule has 2 aromatic carbocycles. The Morgan fingerprint density at radius 3 is 2.86 bits per heavy atom. The number of nitrogens with one attached hydrogen (secondary N) is 2. The SMILES string of the molecule is C#Cc1cccc(NC(=O)CC2C(=O)Nc3ccccc32)c1. The Labute approximate surface area is 128 Å². The van der Waals surface area contributed by atoms with Crippen LogP contribution in [0.25, 0.3) is 0 Å². The Hall–Kier alpha value is -3.06. The molecule has 4 nitrogen and oxygen atoms in total. The van der Waals surface area contributed by atoms with Gasteiger partial charge in [0.25, 0.3) is 0 Å². The van der Waals surface area contributed by atoms with Gasteiger partial charge in [-0.25, -0.2) is 0 Å². The summed E-state index contributed by atoms with van der Waals surface area (Å²) in [5, 5.41) is 5.57. The van der Waals surface area contributed by atoms with Gasteiger partial charge in [-0.3, -0.25) is 9.59 Å². The summed E-state index contributed by atoms with van der Waals surface area (Å²) in [7, 11) is 0. The minimum Gasteiger partial charge on any atom is -0.326 e. The third-order valence-corrected chi connectivity index (χ3v) is 3.61. The van der Waals surface area contributed by atoms with E-state index in [9.17, 15) is 9.59 Å². The second-order valence-corrected chi connectivity index (χ2v) is 5.11. The Bertz CT molecular complexity index is 790. The van der Waals surface area contributed by atoms with Gasteiger partial charge < -0.3 is 10.6 Å². The highest BCUT2D eigenvalue weighted by molar-refractivity contribution is 6.06. The van der Waals surface area contributed by atoms with Crippen LogP contribution in [-0.2, 0) is 9.59 Å². The zero-order chi connectivity index (χ0) is 15.5. The van der Waals surface area contributed by atoms with Crippen molar-refractivity contribution in [2.24, 2.45) is 0 Å². The summed E-state index contributed by atoms with van der Waals surface area (Å²) >= 11 is 0. The lowest BCUT2D eigenvalue weighted by atomic mass is 9.97. The molecule has 0 bridgehead atoms. The Morgan fingerprint density at radius 2 is 2.05 bits per heavy atom. The number of rotatable bonds is 3. The standard InChI is InChI=1S/C18H14N2O2/c1-2-12-6-5-7-13(10-12)19-17(21)11-15-14-8-3-4-9-16(14)20-18(15)22/h1,3-10,15H,11H2,(H,19,21)(H,20,22). The first-order valence-electron chi connectivity index (χ1n) is 6.93. The molecule has 2 N–H and O–H groups in total. The van der Waals surface area contributed by atoms with Gasteiger partial charge in [-0.2, -0.15) is 0 Å². The number of hydrogen-bond donors (Lipinski definition) is 2. The van der Waals surface area contributed by atoms with Gasteiger partial charge in [-0.1, -0.05) is 30.2 Å². The van der Waals surface area contributed by atoms with Crippen LogP contribution in [0.1, 0.15) is 23.5 Å². The number of amides is 2. The van der Waals surface area contributed by atoms with E-state index in [-0.39, 0.29) is 18.2 Å². The first-order chi connectivity index (χ1) is 10.7. The average molecular weight is 290 g/mol. The second-order valence-electron chi connectivity index (χ2n) is 5.11. The van der Waals surface area contributed by atoms with Gasteiger partial charge in [0.2, 0.25) is 11.8 Å². The summed E-state index contributed by atoms with van der Waals surface area (Å²) < 4.78 is 0. The number of anilines is 2. The highest BCUT2D eigenvalue weighted by Gasteiger charge is 2.31. The third kappa shape index (κ3) is 2.70. The summed E-state index contributed by atoms with van der Waals surface area (Å²) in [6.45, 7) is 0. The summed E-state index contributed by atoms with van der Waals surface area (Å²) in [4.78, 5) is 24.2. The molecule has 0 radical (unpaired) electrons. The number of terminal acetylenes is 1. The van der Waals surface area contributed by atoms with Crippen molar-refractivity contribution in [1.29, 1.82) is 0 Å². The zero-order valence-electron chi connectivity index (χ0n) is 11.8. The molecule has 0 fully saturated rings. The first kappa shape index (κ1) is 13.9. The van der Waals surface area contributed by atoms with Gasteiger partial charge in [-0.05, 0) is 29.8 Å². The van der Waals surface area contributed by atoms with Crippen molar-refractivity contribution in [2.75, 3.05) is 10.6 Å². The molecule has 108 valence electrons. The van der Waals surface area contributed by atoms with Gasteiger partial charge in [0, 0.05) is 23.4 Å². The zero-order valence-corrected chi connectivity index (χ0v) is 11.8. The molecule has 0 aromatic heterocycles. The second kappa shape index (κ2) is 5.74. The maximum absolute atomic E-state index is 12.2. The van der Waals surface area contributed by atoms with Crippen molar-refractivity contribution >= 4 is 23.2 Å². The minimum absolute atomic E-state index is 0.100. The molecule has 1 heterocycles. The maximum Gasteiger partial charge on any atom is 0.232 e. The molecule has 2 aromatic rings. The average Bonchev–Trinajstić information content (AvgIpc) is 2.83. The largest absolute Gasteiger partial charge is 0.326 e. The molecular formula is C18H14N2O2. The molecule has 0 aliphatic carbocycles. The van der Waals surface area contributed by atoms with Crippen molar-refractivity contribution in [1.82, 2.24) is 0 Å². The molecule has 1 aliphatic heterocycles. The van der Waals surface area contributed by atoms with E-state index in [2.05, 4.69) is 16.6 Å². The van der Waals surface area contributed by atoms with Crippen molar-refractivity contribution in [2.45, 2.75) is 12.3 Å². The lowest BCUT2D eigenvalue weighted by molar-refractivity contribution is -0.122. The van der Waals surface area contributed by atoms with Gasteiger partial charge in [0.1, 0.15) is 0 Å². The summed E-state index contributed by atoms with van der Waals surface area (Å²) in [5.41, 5.74) is 2.97. The van der Waals surface area contributed by atoms with E-state index in [0.717, 1.165) is 11.3 Å². The number of fused-ring (bicyclic) bond motifs is 1. The fourth-order valence-electron chi connectivity index (χ4n) is 2.56. The number of carbonyl (C=O) groups excluding carboxylic acids is 2. The molecule has 0 saturated heterocycles. The summed E-state index contributed by atoms with van der Waals surface area (Å²) in [5.74, 6) is 1.71. The molecule has 1 aliphatic rings. The molecule has 1 atom stereocenters. The van der Waals surface area contributed by atoms with E-state index >= 15 is 0 Å². The fraction of sp³-hybridized carbons (Fsp3) is 0.111. The highest BCUT2D eigenvalue weighted by Crippen LogP contribution is 2.34. The van der Waals surface area contributed by atoms with Crippen molar-refractivity contribution < 1.29 is 9.59 Å². The Balaban J connectivity index is 1.72. The van der Waals surface area contributed by atoms with Gasteiger partial charge in [0.15, 0.2) is 0 Å². The van der Waals surface area contributed by atoms with E-state index in [0.29, 0.717) is 11.3 Å². The molecule has 1 unspecified atom stereocenters. The van der Waals surface area contributed by atoms with Gasteiger partial charge >= 0.3 is 0 Å². The Kier molecular flexibility index (Phi) is 3.63. The van der Waals surface area contributed by atoms with Crippen LogP contribution in [0.2, 0.25) is 0 Å². The molecule has 3 rings (SSSR count). The van der Waals surface area contributed by atoms with Crippen LogP contribution >= 0.6 is 0 Å². The van der Waals surface area contributed by atoms with Crippen LogP contribution in [0.15, 0.2) is 48.5 Å². The number of hydrogen-bond acceptors (Lipinski definition) is 2. The van der Waals surface area contributed by atoms with E-state index in [4.69, 9.17) is 6.42 Å². The highest BCUT2D eigenvalue weighted by atomic mass is 16.2. The molecule has 22 heavy (non-hydrogen) atoms.